The molecule has 0 bridgehead atoms. The van der Waals surface area contributed by atoms with E-state index in [1.807, 2.05) is 4.90 Å². The van der Waals surface area contributed by atoms with Crippen molar-refractivity contribution in [2.75, 3.05) is 6.54 Å². The number of imide groups is 1. The third-order valence-electron chi connectivity index (χ3n) is 4.54. The van der Waals surface area contributed by atoms with Crippen molar-refractivity contribution in [3.63, 3.8) is 0 Å². The Balaban J connectivity index is 1.78. The summed E-state index contributed by atoms with van der Waals surface area (Å²) in [7, 11) is 0. The monoisotopic (exact) mass is 296 g/mol. The van der Waals surface area contributed by atoms with E-state index in [4.69, 9.17) is 5.11 Å². The lowest BCUT2D eigenvalue weighted by Crippen LogP contribution is -2.47. The molecule has 2 fully saturated rings. The Morgan fingerprint density at radius 1 is 1.05 bits per heavy atom. The largest absolute Gasteiger partial charge is 0.481 e. The maximum atomic E-state index is 12.2. The van der Waals surface area contributed by atoms with Crippen LogP contribution >= 0.6 is 0 Å². The van der Waals surface area contributed by atoms with Crippen LogP contribution in [0.1, 0.15) is 57.8 Å². The van der Waals surface area contributed by atoms with Crippen molar-refractivity contribution in [2.45, 2.75) is 63.8 Å². The van der Waals surface area contributed by atoms with E-state index >= 15 is 0 Å². The number of urea groups is 1. The number of amides is 3. The molecule has 2 N–H and O–H groups in total. The summed E-state index contributed by atoms with van der Waals surface area (Å²) >= 11 is 0. The van der Waals surface area contributed by atoms with E-state index in [-0.39, 0.29) is 37.2 Å². The maximum absolute atomic E-state index is 12.2. The third-order valence-corrected chi connectivity index (χ3v) is 4.54. The number of nitrogens with one attached hydrogen (secondary N) is 1. The Hall–Kier alpha value is -1.59. The molecule has 21 heavy (non-hydrogen) atoms. The number of hydrogen-bond donors (Lipinski definition) is 2. The molecule has 6 heteroatoms. The zero-order valence-corrected chi connectivity index (χ0v) is 12.3. The molecule has 0 aromatic rings. The first-order chi connectivity index (χ1) is 10.1. The number of carboxylic acid groups (broad SMARTS) is 1. The van der Waals surface area contributed by atoms with E-state index in [0.29, 0.717) is 5.92 Å². The number of nitrogens with zero attached hydrogens (tertiary/aromatic N) is 1. The molecule has 1 heterocycles. The Kier molecular flexibility index (Phi) is 5.59. The normalized spacial score (nSPS) is 22.5. The fourth-order valence-electron chi connectivity index (χ4n) is 3.53. The summed E-state index contributed by atoms with van der Waals surface area (Å²) in [4.78, 5) is 36.1. The summed E-state index contributed by atoms with van der Waals surface area (Å²) in [5.41, 5.74) is 0. The Labute approximate surface area is 124 Å². The van der Waals surface area contributed by atoms with Crippen LogP contribution in [-0.2, 0) is 9.59 Å². The molecule has 1 saturated carbocycles. The van der Waals surface area contributed by atoms with Gasteiger partial charge in [-0.15, -0.1) is 0 Å². The molecule has 3 amide bonds. The van der Waals surface area contributed by atoms with Crippen molar-refractivity contribution < 1.29 is 19.5 Å². The van der Waals surface area contributed by atoms with Gasteiger partial charge in [-0.3, -0.25) is 14.9 Å². The van der Waals surface area contributed by atoms with Gasteiger partial charge in [0, 0.05) is 25.4 Å². The Morgan fingerprint density at radius 2 is 1.76 bits per heavy atom. The van der Waals surface area contributed by atoms with E-state index < -0.39 is 5.97 Å². The molecule has 0 radical (unpaired) electrons. The summed E-state index contributed by atoms with van der Waals surface area (Å²) in [6.07, 6.45) is 7.18. The third kappa shape index (κ3) is 4.44. The van der Waals surface area contributed by atoms with Crippen LogP contribution in [0.25, 0.3) is 0 Å². The summed E-state index contributed by atoms with van der Waals surface area (Å²) in [6.45, 7) is 0.718. The average Bonchev–Trinajstić information content (AvgIpc) is 3.09. The van der Waals surface area contributed by atoms with Crippen LogP contribution in [0.5, 0.6) is 0 Å². The van der Waals surface area contributed by atoms with Gasteiger partial charge in [0.15, 0.2) is 0 Å². The lowest BCUT2D eigenvalue weighted by molar-refractivity contribution is -0.137. The number of aliphatic carboxylic acids is 1. The standard InChI is InChI=1S/C15H24N2O4/c18-13(8-3-9-14(19)20)16-15(21)17-10-4-7-12(17)11-5-1-2-6-11/h11-12H,1-10H2,(H,19,20)(H,16,18,21). The molecule has 2 aliphatic rings. The van der Waals surface area contributed by atoms with Crippen LogP contribution in [0.3, 0.4) is 0 Å². The quantitative estimate of drug-likeness (QED) is 0.813. The van der Waals surface area contributed by atoms with Gasteiger partial charge in [-0.25, -0.2) is 4.79 Å². The van der Waals surface area contributed by atoms with Crippen LogP contribution in [0.15, 0.2) is 0 Å². The summed E-state index contributed by atoms with van der Waals surface area (Å²) < 4.78 is 0. The first kappa shape index (κ1) is 15.8. The number of rotatable bonds is 5. The van der Waals surface area contributed by atoms with Crippen molar-refractivity contribution in [3.8, 4) is 0 Å². The van der Waals surface area contributed by atoms with Crippen LogP contribution in [-0.4, -0.2) is 40.5 Å². The van der Waals surface area contributed by atoms with Crippen LogP contribution < -0.4 is 5.32 Å². The molecule has 1 saturated heterocycles. The van der Waals surface area contributed by atoms with Crippen LogP contribution in [0.2, 0.25) is 0 Å². The topological polar surface area (TPSA) is 86.7 Å². The lowest BCUT2D eigenvalue weighted by Gasteiger charge is -2.29. The summed E-state index contributed by atoms with van der Waals surface area (Å²) in [5, 5.41) is 10.9. The highest BCUT2D eigenvalue weighted by atomic mass is 16.4. The molecule has 1 aliphatic carbocycles. The van der Waals surface area contributed by atoms with E-state index in [1.165, 1.54) is 25.7 Å². The van der Waals surface area contributed by atoms with Crippen molar-refractivity contribution in [3.05, 3.63) is 0 Å². The van der Waals surface area contributed by atoms with Gasteiger partial charge in [0.1, 0.15) is 0 Å². The second-order valence-electron chi connectivity index (χ2n) is 6.05. The van der Waals surface area contributed by atoms with E-state index in [2.05, 4.69) is 5.32 Å². The maximum Gasteiger partial charge on any atom is 0.324 e. The lowest BCUT2D eigenvalue weighted by atomic mass is 9.96. The van der Waals surface area contributed by atoms with Gasteiger partial charge < -0.3 is 10.0 Å². The van der Waals surface area contributed by atoms with Crippen molar-refractivity contribution in [1.29, 1.82) is 0 Å². The molecule has 0 aromatic heterocycles. The molecule has 6 nitrogen and oxygen atoms in total. The first-order valence-corrected chi connectivity index (χ1v) is 7.90. The fourth-order valence-corrected chi connectivity index (χ4v) is 3.53. The molecular weight excluding hydrogens is 272 g/mol. The molecule has 1 atom stereocenters. The number of hydrogen-bond acceptors (Lipinski definition) is 3. The minimum Gasteiger partial charge on any atom is -0.481 e. The number of carboxylic acids is 1. The molecular formula is C15H24N2O4. The molecule has 118 valence electrons. The predicted octanol–water partition coefficient (Wildman–Crippen LogP) is 2.13. The molecule has 2 rings (SSSR count). The van der Waals surface area contributed by atoms with Crippen molar-refractivity contribution in [2.24, 2.45) is 5.92 Å². The Bertz CT molecular complexity index is 404. The highest BCUT2D eigenvalue weighted by Gasteiger charge is 2.36. The molecule has 1 unspecified atom stereocenters. The van der Waals surface area contributed by atoms with E-state index in [0.717, 1.165) is 19.4 Å². The van der Waals surface area contributed by atoms with Crippen molar-refractivity contribution >= 4 is 17.9 Å². The molecule has 0 spiro atoms. The summed E-state index contributed by atoms with van der Waals surface area (Å²) in [6, 6.07) is -0.0240. The SMILES string of the molecule is O=C(O)CCCC(=O)NC(=O)N1CCCC1C1CCCC1. The molecule has 1 aliphatic heterocycles. The fraction of sp³-hybridized carbons (Fsp3) is 0.800. The number of carbonyl (C=O) groups is 3. The van der Waals surface area contributed by atoms with Gasteiger partial charge >= 0.3 is 12.0 Å². The minimum atomic E-state index is -0.921. The van der Waals surface area contributed by atoms with Gasteiger partial charge in [-0.1, -0.05) is 12.8 Å². The minimum absolute atomic E-state index is 0.0456. The van der Waals surface area contributed by atoms with Gasteiger partial charge in [0.25, 0.3) is 0 Å². The first-order valence-electron chi connectivity index (χ1n) is 7.90. The second kappa shape index (κ2) is 7.43. The van der Waals surface area contributed by atoms with E-state index in [1.54, 1.807) is 0 Å². The predicted molar refractivity (Wildman–Crippen MR) is 76.7 cm³/mol. The van der Waals surface area contributed by atoms with Gasteiger partial charge in [0.2, 0.25) is 5.91 Å². The van der Waals surface area contributed by atoms with E-state index in [9.17, 15) is 14.4 Å². The van der Waals surface area contributed by atoms with Gasteiger partial charge in [0.05, 0.1) is 0 Å². The van der Waals surface area contributed by atoms with Gasteiger partial charge in [-0.05, 0) is 38.0 Å². The highest BCUT2D eigenvalue weighted by Crippen LogP contribution is 2.35. The smallest absolute Gasteiger partial charge is 0.324 e. The summed E-state index contributed by atoms with van der Waals surface area (Å²) in [5.74, 6) is -0.714. The molecule has 0 aromatic carbocycles. The highest BCUT2D eigenvalue weighted by molar-refractivity contribution is 5.94. The van der Waals surface area contributed by atoms with Crippen LogP contribution in [0.4, 0.5) is 4.79 Å². The zero-order valence-electron chi connectivity index (χ0n) is 12.3. The number of carbonyl (C=O) groups excluding carboxylic acids is 2. The number of likely N-dealkylation sites (tertiary alicyclic amines) is 1. The Morgan fingerprint density at radius 3 is 2.43 bits per heavy atom. The van der Waals surface area contributed by atoms with Crippen molar-refractivity contribution in [1.82, 2.24) is 10.2 Å². The van der Waals surface area contributed by atoms with Gasteiger partial charge in [-0.2, -0.15) is 0 Å². The second-order valence-corrected chi connectivity index (χ2v) is 6.05. The van der Waals surface area contributed by atoms with Crippen LogP contribution in [0, 0.1) is 5.92 Å². The average molecular weight is 296 g/mol. The zero-order chi connectivity index (χ0) is 15.2.